The van der Waals surface area contributed by atoms with Crippen LogP contribution in [-0.2, 0) is 17.9 Å². The lowest BCUT2D eigenvalue weighted by Crippen LogP contribution is -2.34. The molecule has 5 rings (SSSR count). The molecule has 35 heavy (non-hydrogen) atoms. The molecule has 0 saturated carbocycles. The third-order valence-electron chi connectivity index (χ3n) is 5.83. The first-order valence-electron chi connectivity index (χ1n) is 11.2. The van der Waals surface area contributed by atoms with Crippen molar-refractivity contribution in [2.24, 2.45) is 0 Å². The lowest BCUT2D eigenvalue weighted by atomic mass is 9.95. The normalized spacial score (nSPS) is 14.7. The van der Waals surface area contributed by atoms with Crippen LogP contribution < -0.4 is 15.4 Å². The summed E-state index contributed by atoms with van der Waals surface area (Å²) in [5.41, 5.74) is 4.22. The summed E-state index contributed by atoms with van der Waals surface area (Å²) in [6, 6.07) is 24.6. The number of nitrogens with one attached hydrogen (secondary N) is 2. The fourth-order valence-corrected chi connectivity index (χ4v) is 4.21. The van der Waals surface area contributed by atoms with Gasteiger partial charge in [0.1, 0.15) is 24.7 Å². The second-order valence-electron chi connectivity index (χ2n) is 8.25. The SMILES string of the molecule is CC1=C(C(=O)NCc2ccccc2)[C@H](c2cccc(OCc3ccc(Cl)cc3)c2)n2ncnc2N1. The summed E-state index contributed by atoms with van der Waals surface area (Å²) in [6.45, 7) is 2.71. The van der Waals surface area contributed by atoms with E-state index in [2.05, 4.69) is 20.7 Å². The molecule has 1 atom stereocenters. The van der Waals surface area contributed by atoms with Gasteiger partial charge in [-0.25, -0.2) is 4.68 Å². The van der Waals surface area contributed by atoms with Gasteiger partial charge in [0.05, 0.1) is 5.57 Å². The van der Waals surface area contributed by atoms with E-state index in [1.54, 1.807) is 4.68 Å². The zero-order chi connectivity index (χ0) is 24.2. The molecule has 8 heteroatoms. The lowest BCUT2D eigenvalue weighted by Gasteiger charge is -2.29. The molecule has 0 fully saturated rings. The summed E-state index contributed by atoms with van der Waals surface area (Å²) in [6.07, 6.45) is 1.48. The van der Waals surface area contributed by atoms with Crippen molar-refractivity contribution in [2.75, 3.05) is 5.32 Å². The van der Waals surface area contributed by atoms with E-state index in [1.165, 1.54) is 6.33 Å². The van der Waals surface area contributed by atoms with Gasteiger partial charge in [-0.1, -0.05) is 66.2 Å². The van der Waals surface area contributed by atoms with Crippen LogP contribution in [0.3, 0.4) is 0 Å². The lowest BCUT2D eigenvalue weighted by molar-refractivity contribution is -0.118. The summed E-state index contributed by atoms with van der Waals surface area (Å²) in [7, 11) is 0. The molecule has 176 valence electrons. The number of rotatable bonds is 7. The Morgan fingerprint density at radius 3 is 2.66 bits per heavy atom. The van der Waals surface area contributed by atoms with Crippen molar-refractivity contribution in [2.45, 2.75) is 26.1 Å². The summed E-state index contributed by atoms with van der Waals surface area (Å²) in [4.78, 5) is 17.7. The van der Waals surface area contributed by atoms with Gasteiger partial charge in [-0.15, -0.1) is 0 Å². The Bertz CT molecular complexity index is 1370. The van der Waals surface area contributed by atoms with E-state index in [0.29, 0.717) is 35.4 Å². The molecule has 7 nitrogen and oxygen atoms in total. The first-order chi connectivity index (χ1) is 17.1. The molecule has 0 unspecified atom stereocenters. The quantitative estimate of drug-likeness (QED) is 0.380. The first kappa shape index (κ1) is 22.7. The number of anilines is 1. The van der Waals surface area contributed by atoms with Gasteiger partial charge in [-0.05, 0) is 47.9 Å². The Morgan fingerprint density at radius 2 is 1.86 bits per heavy atom. The van der Waals surface area contributed by atoms with Gasteiger partial charge in [0.15, 0.2) is 0 Å². The molecule has 0 bridgehead atoms. The second kappa shape index (κ2) is 10.0. The van der Waals surface area contributed by atoms with Crippen molar-refractivity contribution in [3.63, 3.8) is 0 Å². The van der Waals surface area contributed by atoms with Crippen LogP contribution in [0.15, 0.2) is 96.5 Å². The maximum absolute atomic E-state index is 13.4. The maximum atomic E-state index is 13.4. The maximum Gasteiger partial charge on any atom is 0.251 e. The van der Waals surface area contributed by atoms with Crippen molar-refractivity contribution in [3.05, 3.63) is 118 Å². The number of allylic oxidation sites excluding steroid dienone is 1. The van der Waals surface area contributed by atoms with Gasteiger partial charge in [0, 0.05) is 17.3 Å². The van der Waals surface area contributed by atoms with Gasteiger partial charge in [-0.2, -0.15) is 10.1 Å². The number of nitrogens with zero attached hydrogens (tertiary/aromatic N) is 3. The molecule has 1 aliphatic rings. The number of halogens is 1. The number of carbonyl (C=O) groups is 1. The molecule has 0 radical (unpaired) electrons. The third-order valence-corrected chi connectivity index (χ3v) is 6.08. The van der Waals surface area contributed by atoms with Crippen LogP contribution in [-0.4, -0.2) is 20.7 Å². The monoisotopic (exact) mass is 485 g/mol. The highest BCUT2D eigenvalue weighted by atomic mass is 35.5. The summed E-state index contributed by atoms with van der Waals surface area (Å²) in [5, 5.41) is 11.3. The molecule has 0 aliphatic carbocycles. The third kappa shape index (κ3) is 5.05. The number of carbonyl (C=O) groups excluding carboxylic acids is 1. The van der Waals surface area contributed by atoms with Crippen molar-refractivity contribution in [1.29, 1.82) is 0 Å². The van der Waals surface area contributed by atoms with Gasteiger partial charge < -0.3 is 15.4 Å². The fourth-order valence-electron chi connectivity index (χ4n) is 4.09. The van der Waals surface area contributed by atoms with Gasteiger partial charge >= 0.3 is 0 Å². The Kier molecular flexibility index (Phi) is 6.50. The number of hydrogen-bond donors (Lipinski definition) is 2. The van der Waals surface area contributed by atoms with Crippen LogP contribution >= 0.6 is 11.6 Å². The van der Waals surface area contributed by atoms with E-state index in [-0.39, 0.29) is 5.91 Å². The standard InChI is InChI=1S/C27H24ClN5O2/c1-18-24(26(34)29-15-19-6-3-2-4-7-19)25(33-27(32-18)30-17-31-33)21-8-5-9-23(14-21)35-16-20-10-12-22(28)13-11-20/h2-14,17,25H,15-16H2,1H3,(H,29,34)(H,30,31,32)/t25-/m0/s1. The number of amides is 1. The number of fused-ring (bicyclic) bond motifs is 1. The fraction of sp³-hybridized carbons (Fsp3) is 0.148. The van der Waals surface area contributed by atoms with Crippen LogP contribution in [0.1, 0.15) is 29.7 Å². The first-order valence-corrected chi connectivity index (χ1v) is 11.6. The summed E-state index contributed by atoms with van der Waals surface area (Å²) < 4.78 is 7.77. The van der Waals surface area contributed by atoms with E-state index in [4.69, 9.17) is 16.3 Å². The highest BCUT2D eigenvalue weighted by Crippen LogP contribution is 2.36. The van der Waals surface area contributed by atoms with Gasteiger partial charge in [-0.3, -0.25) is 4.79 Å². The minimum atomic E-state index is -0.455. The van der Waals surface area contributed by atoms with Crippen molar-refractivity contribution in [1.82, 2.24) is 20.1 Å². The van der Waals surface area contributed by atoms with Crippen LogP contribution in [0.2, 0.25) is 5.02 Å². The van der Waals surface area contributed by atoms with Gasteiger partial charge in [0.2, 0.25) is 5.95 Å². The van der Waals surface area contributed by atoms with Crippen molar-refractivity contribution < 1.29 is 9.53 Å². The molecule has 2 heterocycles. The molecule has 0 spiro atoms. The van der Waals surface area contributed by atoms with E-state index >= 15 is 0 Å². The molecule has 4 aromatic rings. The van der Waals surface area contributed by atoms with Crippen LogP contribution in [0.4, 0.5) is 5.95 Å². The Labute approximate surface area is 208 Å². The molecular formula is C27H24ClN5O2. The molecule has 3 aromatic carbocycles. The topological polar surface area (TPSA) is 81.1 Å². The average molecular weight is 486 g/mol. The molecular weight excluding hydrogens is 462 g/mol. The van der Waals surface area contributed by atoms with Crippen molar-refractivity contribution >= 4 is 23.5 Å². The highest BCUT2D eigenvalue weighted by Gasteiger charge is 2.33. The second-order valence-corrected chi connectivity index (χ2v) is 8.69. The van der Waals surface area contributed by atoms with Crippen molar-refractivity contribution in [3.8, 4) is 5.75 Å². The van der Waals surface area contributed by atoms with Crippen LogP contribution in [0, 0.1) is 0 Å². The minimum absolute atomic E-state index is 0.169. The predicted molar refractivity (Wildman–Crippen MR) is 135 cm³/mol. The zero-order valence-electron chi connectivity index (χ0n) is 19.1. The molecule has 1 aliphatic heterocycles. The van der Waals surface area contributed by atoms with Crippen LogP contribution in [0.25, 0.3) is 0 Å². The Balaban J connectivity index is 1.41. The molecule has 2 N–H and O–H groups in total. The minimum Gasteiger partial charge on any atom is -0.489 e. The number of aromatic nitrogens is 3. The Morgan fingerprint density at radius 1 is 1.06 bits per heavy atom. The number of benzene rings is 3. The Hall–Kier alpha value is -4.10. The summed E-state index contributed by atoms with van der Waals surface area (Å²) >= 11 is 5.98. The molecule has 1 aromatic heterocycles. The van der Waals surface area contributed by atoms with E-state index in [0.717, 1.165) is 22.4 Å². The van der Waals surface area contributed by atoms with E-state index in [1.807, 2.05) is 85.8 Å². The largest absolute Gasteiger partial charge is 0.489 e. The van der Waals surface area contributed by atoms with E-state index in [9.17, 15) is 4.79 Å². The average Bonchev–Trinajstić information content (AvgIpc) is 3.35. The predicted octanol–water partition coefficient (Wildman–Crippen LogP) is 5.12. The van der Waals surface area contributed by atoms with Crippen LogP contribution in [0.5, 0.6) is 5.75 Å². The smallest absolute Gasteiger partial charge is 0.251 e. The highest BCUT2D eigenvalue weighted by molar-refractivity contribution is 6.30. The number of hydrogen-bond acceptors (Lipinski definition) is 5. The number of ether oxygens (including phenoxy) is 1. The zero-order valence-corrected chi connectivity index (χ0v) is 19.9. The van der Waals surface area contributed by atoms with Gasteiger partial charge in [0.25, 0.3) is 5.91 Å². The molecule has 1 amide bonds. The van der Waals surface area contributed by atoms with E-state index < -0.39 is 6.04 Å². The summed E-state index contributed by atoms with van der Waals surface area (Å²) in [5.74, 6) is 1.11. The molecule has 0 saturated heterocycles.